The summed E-state index contributed by atoms with van der Waals surface area (Å²) in [6.07, 6.45) is 0.242. The molecule has 3 N–H and O–H groups in total. The molecule has 0 aliphatic heterocycles. The smallest absolute Gasteiger partial charge is 0.238 e. The zero-order chi connectivity index (χ0) is 18.4. The minimum atomic E-state index is -0.307. The summed E-state index contributed by atoms with van der Waals surface area (Å²) in [7, 11) is 0. The number of rotatable bonds is 5. The van der Waals surface area contributed by atoms with Crippen molar-refractivity contribution in [3.8, 4) is 0 Å². The van der Waals surface area contributed by atoms with E-state index in [0.717, 1.165) is 15.4 Å². The number of thiophene rings is 1. The Labute approximate surface area is 160 Å². The van der Waals surface area contributed by atoms with Gasteiger partial charge in [0.25, 0.3) is 0 Å². The van der Waals surface area contributed by atoms with Crippen molar-refractivity contribution in [2.24, 2.45) is 0 Å². The molecule has 2 rings (SSSR count). The first kappa shape index (κ1) is 19.4. The lowest BCUT2D eigenvalue weighted by atomic mass is 10.1. The standard InChI is InChI=1S/C17H18ClN3O2S2/c1-10-9-14(11(2)25-10)15(22)7-8-16(23)20-21-17(24)19-13-5-3-12(18)4-6-13/h3-6,9H,7-8H2,1-2H3,(H,20,23)(H2,19,21,24). The number of Topliss-reactive ketones (excluding diaryl/α,β-unsaturated/α-hetero) is 1. The lowest BCUT2D eigenvalue weighted by Crippen LogP contribution is -2.43. The lowest BCUT2D eigenvalue weighted by Gasteiger charge is -2.11. The van der Waals surface area contributed by atoms with Gasteiger partial charge in [0, 0.05) is 38.9 Å². The molecular formula is C17H18ClN3O2S2. The van der Waals surface area contributed by atoms with E-state index in [2.05, 4.69) is 16.2 Å². The van der Waals surface area contributed by atoms with E-state index in [1.807, 2.05) is 19.9 Å². The number of nitrogens with one attached hydrogen (secondary N) is 3. The van der Waals surface area contributed by atoms with Gasteiger partial charge in [-0.2, -0.15) is 0 Å². The molecule has 2 aromatic rings. The number of anilines is 1. The monoisotopic (exact) mass is 395 g/mol. The average molecular weight is 396 g/mol. The molecule has 1 aromatic carbocycles. The first-order valence-electron chi connectivity index (χ1n) is 7.57. The van der Waals surface area contributed by atoms with Crippen LogP contribution in [0.1, 0.15) is 33.0 Å². The van der Waals surface area contributed by atoms with Crippen molar-refractivity contribution < 1.29 is 9.59 Å². The Kier molecular flexibility index (Phi) is 6.92. The van der Waals surface area contributed by atoms with Gasteiger partial charge in [-0.1, -0.05) is 11.6 Å². The highest BCUT2D eigenvalue weighted by atomic mass is 35.5. The van der Waals surface area contributed by atoms with Crippen molar-refractivity contribution in [3.05, 3.63) is 50.7 Å². The Morgan fingerprint density at radius 1 is 1.12 bits per heavy atom. The molecule has 0 unspecified atom stereocenters. The molecule has 0 spiro atoms. The van der Waals surface area contributed by atoms with E-state index in [1.54, 1.807) is 35.6 Å². The van der Waals surface area contributed by atoms with E-state index >= 15 is 0 Å². The van der Waals surface area contributed by atoms with E-state index in [9.17, 15) is 9.59 Å². The van der Waals surface area contributed by atoms with Gasteiger partial charge < -0.3 is 5.32 Å². The number of hydrazine groups is 1. The van der Waals surface area contributed by atoms with Crippen LogP contribution in [0.15, 0.2) is 30.3 Å². The van der Waals surface area contributed by atoms with Crippen LogP contribution in [0.2, 0.25) is 5.02 Å². The minimum Gasteiger partial charge on any atom is -0.331 e. The van der Waals surface area contributed by atoms with Crippen molar-refractivity contribution in [1.82, 2.24) is 10.9 Å². The third kappa shape index (κ3) is 6.12. The number of halogens is 1. The largest absolute Gasteiger partial charge is 0.331 e. The Hall–Kier alpha value is -1.96. The van der Waals surface area contributed by atoms with Crippen molar-refractivity contribution in [2.75, 3.05) is 5.32 Å². The van der Waals surface area contributed by atoms with E-state index in [1.165, 1.54) is 0 Å². The van der Waals surface area contributed by atoms with E-state index in [4.69, 9.17) is 23.8 Å². The van der Waals surface area contributed by atoms with Gasteiger partial charge in [-0.3, -0.25) is 20.4 Å². The van der Waals surface area contributed by atoms with Crippen LogP contribution >= 0.6 is 35.2 Å². The summed E-state index contributed by atoms with van der Waals surface area (Å²) in [4.78, 5) is 26.1. The molecule has 8 heteroatoms. The zero-order valence-electron chi connectivity index (χ0n) is 13.8. The number of hydrogen-bond acceptors (Lipinski definition) is 4. The van der Waals surface area contributed by atoms with Gasteiger partial charge in [0.15, 0.2) is 10.9 Å². The average Bonchev–Trinajstić information content (AvgIpc) is 2.91. The molecular weight excluding hydrogens is 378 g/mol. The molecule has 132 valence electrons. The molecule has 1 amide bonds. The second-order valence-electron chi connectivity index (χ2n) is 5.38. The molecule has 1 heterocycles. The molecule has 5 nitrogen and oxygen atoms in total. The van der Waals surface area contributed by atoms with Gasteiger partial charge in [-0.15, -0.1) is 11.3 Å². The SMILES string of the molecule is Cc1cc(C(=O)CCC(=O)NNC(=S)Nc2ccc(Cl)cc2)c(C)s1. The molecule has 0 saturated heterocycles. The molecule has 0 radical (unpaired) electrons. The maximum Gasteiger partial charge on any atom is 0.238 e. The second-order valence-corrected chi connectivity index (χ2v) is 7.69. The quantitative estimate of drug-likeness (QED) is 0.405. The summed E-state index contributed by atoms with van der Waals surface area (Å²) in [6, 6.07) is 8.85. The van der Waals surface area contributed by atoms with E-state index < -0.39 is 0 Å². The van der Waals surface area contributed by atoms with Crippen molar-refractivity contribution in [1.29, 1.82) is 0 Å². The van der Waals surface area contributed by atoms with Crippen LogP contribution in [0.25, 0.3) is 0 Å². The highest BCUT2D eigenvalue weighted by Crippen LogP contribution is 2.22. The fourth-order valence-electron chi connectivity index (χ4n) is 2.15. The van der Waals surface area contributed by atoms with Gasteiger partial charge >= 0.3 is 0 Å². The molecule has 1 aromatic heterocycles. The maximum atomic E-state index is 12.1. The zero-order valence-corrected chi connectivity index (χ0v) is 16.2. The summed E-state index contributed by atoms with van der Waals surface area (Å²) in [5.41, 5.74) is 6.52. The molecule has 0 bridgehead atoms. The normalized spacial score (nSPS) is 10.2. The number of carbonyl (C=O) groups excluding carboxylic acids is 2. The molecule has 0 aliphatic carbocycles. The van der Waals surface area contributed by atoms with Crippen LogP contribution < -0.4 is 16.2 Å². The molecule has 0 atom stereocenters. The minimum absolute atomic E-state index is 0.0288. The Balaban J connectivity index is 1.73. The Bertz CT molecular complexity index is 788. The number of amides is 1. The molecule has 0 saturated carbocycles. The third-order valence-corrected chi connectivity index (χ3v) is 4.76. The summed E-state index contributed by atoms with van der Waals surface area (Å²) >= 11 is 12.5. The van der Waals surface area contributed by atoms with Crippen LogP contribution in [-0.2, 0) is 4.79 Å². The topological polar surface area (TPSA) is 70.2 Å². The van der Waals surface area contributed by atoms with Gasteiger partial charge in [-0.05, 0) is 56.4 Å². The van der Waals surface area contributed by atoms with Crippen LogP contribution in [-0.4, -0.2) is 16.8 Å². The van der Waals surface area contributed by atoms with Crippen LogP contribution in [0, 0.1) is 13.8 Å². The highest BCUT2D eigenvalue weighted by Gasteiger charge is 2.13. The number of carbonyl (C=O) groups is 2. The predicted octanol–water partition coefficient (Wildman–Crippen LogP) is 4.00. The number of hydrogen-bond donors (Lipinski definition) is 3. The van der Waals surface area contributed by atoms with Crippen molar-refractivity contribution >= 4 is 57.6 Å². The summed E-state index contributed by atoms with van der Waals surface area (Å²) in [5, 5.41) is 3.77. The van der Waals surface area contributed by atoms with Gasteiger partial charge in [0.1, 0.15) is 0 Å². The van der Waals surface area contributed by atoms with Gasteiger partial charge in [0.05, 0.1) is 0 Å². The van der Waals surface area contributed by atoms with Crippen LogP contribution in [0.4, 0.5) is 5.69 Å². The Morgan fingerprint density at radius 3 is 2.40 bits per heavy atom. The van der Waals surface area contributed by atoms with Gasteiger partial charge in [-0.25, -0.2) is 0 Å². The summed E-state index contributed by atoms with van der Waals surface area (Å²) < 4.78 is 0. The highest BCUT2D eigenvalue weighted by molar-refractivity contribution is 7.80. The van der Waals surface area contributed by atoms with Crippen molar-refractivity contribution in [3.63, 3.8) is 0 Å². The number of ketones is 1. The first-order valence-corrected chi connectivity index (χ1v) is 9.17. The Morgan fingerprint density at radius 2 is 1.80 bits per heavy atom. The first-order chi connectivity index (χ1) is 11.8. The summed E-state index contributed by atoms with van der Waals surface area (Å²) in [5.74, 6) is -0.336. The number of thiocarbonyl (C=S) groups is 1. The second kappa shape index (κ2) is 8.94. The number of benzene rings is 1. The maximum absolute atomic E-state index is 12.1. The fourth-order valence-corrected chi connectivity index (χ4v) is 3.39. The lowest BCUT2D eigenvalue weighted by molar-refractivity contribution is -0.121. The predicted molar refractivity (Wildman–Crippen MR) is 106 cm³/mol. The van der Waals surface area contributed by atoms with Crippen LogP contribution in [0.5, 0.6) is 0 Å². The summed E-state index contributed by atoms with van der Waals surface area (Å²) in [6.45, 7) is 3.87. The molecule has 0 aliphatic rings. The van der Waals surface area contributed by atoms with E-state index in [0.29, 0.717) is 10.6 Å². The molecule has 25 heavy (non-hydrogen) atoms. The third-order valence-electron chi connectivity index (χ3n) is 3.34. The van der Waals surface area contributed by atoms with Crippen LogP contribution in [0.3, 0.4) is 0 Å². The van der Waals surface area contributed by atoms with Crippen molar-refractivity contribution in [2.45, 2.75) is 26.7 Å². The van der Waals surface area contributed by atoms with Gasteiger partial charge in [0.2, 0.25) is 5.91 Å². The fraction of sp³-hybridized carbons (Fsp3) is 0.235. The number of aryl methyl sites for hydroxylation is 2. The van der Waals surface area contributed by atoms with E-state index in [-0.39, 0.29) is 29.6 Å². The molecule has 0 fully saturated rings.